The highest BCUT2D eigenvalue weighted by atomic mass is 16.2. The van der Waals surface area contributed by atoms with Gasteiger partial charge in [0.1, 0.15) is 11.4 Å². The largest absolute Gasteiger partial charge is 0.369 e. The lowest BCUT2D eigenvalue weighted by molar-refractivity contribution is 0.0927. The Morgan fingerprint density at radius 3 is 2.85 bits per heavy atom. The molecule has 1 aromatic rings. The number of aryl methyl sites for hydroxylation is 1. The molecular weight excluding hydrogens is 256 g/mol. The number of hydrogen-bond acceptors (Lipinski definition) is 4. The summed E-state index contributed by atoms with van der Waals surface area (Å²) in [5.41, 5.74) is 0.744. The number of hydrogen-bond donors (Lipinski definition) is 2. The standard InChI is InChI=1S/C14H20N4O2/c1-9-11(12-15-7-8-18(12)14(20)16-9)13(19)17-10-5-3-2-4-6-10/h10,15H,2-8H2,1H3,(H,17,19). The molecule has 1 aromatic heterocycles. The lowest BCUT2D eigenvalue weighted by atomic mass is 9.95. The number of nitrogens with zero attached hydrogens (tertiary/aromatic N) is 2. The first-order valence-electron chi connectivity index (χ1n) is 7.33. The zero-order chi connectivity index (χ0) is 14.1. The fourth-order valence-corrected chi connectivity index (χ4v) is 3.12. The molecule has 0 bridgehead atoms. The summed E-state index contributed by atoms with van der Waals surface area (Å²) in [6.45, 7) is 2.97. The van der Waals surface area contributed by atoms with E-state index in [0.29, 0.717) is 30.2 Å². The number of aromatic nitrogens is 2. The molecule has 0 spiro atoms. The maximum absolute atomic E-state index is 12.5. The van der Waals surface area contributed by atoms with Crippen molar-refractivity contribution in [2.45, 2.75) is 51.6 Å². The topological polar surface area (TPSA) is 76.0 Å². The number of rotatable bonds is 2. The smallest absolute Gasteiger partial charge is 0.349 e. The summed E-state index contributed by atoms with van der Waals surface area (Å²) in [5.74, 6) is 0.510. The van der Waals surface area contributed by atoms with E-state index in [4.69, 9.17) is 0 Å². The summed E-state index contributed by atoms with van der Waals surface area (Å²) in [7, 11) is 0. The molecular formula is C14H20N4O2. The first-order valence-corrected chi connectivity index (χ1v) is 7.33. The summed E-state index contributed by atoms with van der Waals surface area (Å²) >= 11 is 0. The normalized spacial score (nSPS) is 18.4. The van der Waals surface area contributed by atoms with Crippen LogP contribution >= 0.6 is 0 Å². The van der Waals surface area contributed by atoms with E-state index in [2.05, 4.69) is 15.6 Å². The first-order chi connectivity index (χ1) is 9.66. The minimum absolute atomic E-state index is 0.111. The van der Waals surface area contributed by atoms with Crippen molar-refractivity contribution in [3.8, 4) is 0 Å². The molecule has 6 heteroatoms. The second-order valence-electron chi connectivity index (χ2n) is 5.59. The van der Waals surface area contributed by atoms with Crippen LogP contribution in [-0.2, 0) is 6.54 Å². The van der Waals surface area contributed by atoms with Crippen LogP contribution in [0.25, 0.3) is 0 Å². The highest BCUT2D eigenvalue weighted by Crippen LogP contribution is 2.22. The van der Waals surface area contributed by atoms with Gasteiger partial charge >= 0.3 is 5.69 Å². The lowest BCUT2D eigenvalue weighted by Crippen LogP contribution is -2.38. The molecule has 0 aromatic carbocycles. The fourth-order valence-electron chi connectivity index (χ4n) is 3.12. The number of anilines is 1. The summed E-state index contributed by atoms with van der Waals surface area (Å²) < 4.78 is 1.54. The predicted molar refractivity (Wildman–Crippen MR) is 76.1 cm³/mol. The van der Waals surface area contributed by atoms with Gasteiger partial charge in [0.2, 0.25) is 0 Å². The van der Waals surface area contributed by atoms with Gasteiger partial charge in [0.25, 0.3) is 5.91 Å². The minimum Gasteiger partial charge on any atom is -0.369 e. The Hall–Kier alpha value is -1.85. The van der Waals surface area contributed by atoms with Gasteiger partial charge in [0.05, 0.1) is 5.69 Å². The van der Waals surface area contributed by atoms with E-state index in [-0.39, 0.29) is 17.6 Å². The van der Waals surface area contributed by atoms with E-state index in [0.717, 1.165) is 12.8 Å². The third-order valence-electron chi connectivity index (χ3n) is 4.16. The van der Waals surface area contributed by atoms with E-state index in [1.54, 1.807) is 11.5 Å². The SMILES string of the molecule is Cc1nc(=O)n2c(c1C(=O)NC1CCCCC1)NCC2. The van der Waals surface area contributed by atoms with Crippen LogP contribution in [0.5, 0.6) is 0 Å². The van der Waals surface area contributed by atoms with Crippen molar-refractivity contribution in [2.75, 3.05) is 11.9 Å². The van der Waals surface area contributed by atoms with Crippen molar-refractivity contribution in [1.29, 1.82) is 0 Å². The van der Waals surface area contributed by atoms with Gasteiger partial charge in [0, 0.05) is 19.1 Å². The van der Waals surface area contributed by atoms with Crippen LogP contribution in [0.1, 0.15) is 48.2 Å². The fraction of sp³-hybridized carbons (Fsp3) is 0.643. The Balaban J connectivity index is 1.88. The molecule has 20 heavy (non-hydrogen) atoms. The highest BCUT2D eigenvalue weighted by molar-refractivity contribution is 6.00. The number of nitrogens with one attached hydrogen (secondary N) is 2. The van der Waals surface area contributed by atoms with Crippen LogP contribution in [0.15, 0.2) is 4.79 Å². The Kier molecular flexibility index (Phi) is 3.46. The van der Waals surface area contributed by atoms with Gasteiger partial charge in [-0.2, -0.15) is 4.98 Å². The molecule has 1 amide bonds. The van der Waals surface area contributed by atoms with Crippen molar-refractivity contribution in [1.82, 2.24) is 14.9 Å². The van der Waals surface area contributed by atoms with Crippen LogP contribution in [0.3, 0.4) is 0 Å². The van der Waals surface area contributed by atoms with E-state index in [1.165, 1.54) is 19.3 Å². The van der Waals surface area contributed by atoms with E-state index in [1.807, 2.05) is 0 Å². The molecule has 1 aliphatic carbocycles. The van der Waals surface area contributed by atoms with Crippen molar-refractivity contribution in [2.24, 2.45) is 0 Å². The molecule has 1 aliphatic heterocycles. The predicted octanol–water partition coefficient (Wildman–Crippen LogP) is 1.04. The molecule has 0 saturated heterocycles. The van der Waals surface area contributed by atoms with E-state index >= 15 is 0 Å². The van der Waals surface area contributed by atoms with Crippen LogP contribution in [0.4, 0.5) is 5.82 Å². The number of fused-ring (bicyclic) bond motifs is 1. The lowest BCUT2D eigenvalue weighted by Gasteiger charge is -2.23. The molecule has 6 nitrogen and oxygen atoms in total. The van der Waals surface area contributed by atoms with E-state index < -0.39 is 0 Å². The van der Waals surface area contributed by atoms with Gasteiger partial charge in [-0.15, -0.1) is 0 Å². The zero-order valence-electron chi connectivity index (χ0n) is 11.7. The molecule has 2 heterocycles. The third kappa shape index (κ3) is 2.30. The Labute approximate surface area is 117 Å². The molecule has 1 saturated carbocycles. The van der Waals surface area contributed by atoms with Crippen molar-refractivity contribution in [3.63, 3.8) is 0 Å². The van der Waals surface area contributed by atoms with Crippen LogP contribution in [-0.4, -0.2) is 28.0 Å². The maximum Gasteiger partial charge on any atom is 0.349 e. The van der Waals surface area contributed by atoms with Crippen molar-refractivity contribution >= 4 is 11.7 Å². The van der Waals surface area contributed by atoms with Crippen LogP contribution in [0, 0.1) is 6.92 Å². The summed E-state index contributed by atoms with van der Waals surface area (Å²) in [4.78, 5) is 28.2. The van der Waals surface area contributed by atoms with Gasteiger partial charge in [-0.05, 0) is 19.8 Å². The van der Waals surface area contributed by atoms with Gasteiger partial charge in [-0.25, -0.2) is 4.79 Å². The minimum atomic E-state index is -0.281. The molecule has 0 atom stereocenters. The van der Waals surface area contributed by atoms with Gasteiger partial charge in [0.15, 0.2) is 0 Å². The second-order valence-corrected chi connectivity index (χ2v) is 5.59. The second kappa shape index (κ2) is 5.26. The summed E-state index contributed by atoms with van der Waals surface area (Å²) in [6.07, 6.45) is 5.69. The Morgan fingerprint density at radius 1 is 1.35 bits per heavy atom. The average Bonchev–Trinajstić information content (AvgIpc) is 2.89. The molecule has 0 radical (unpaired) electrons. The molecule has 2 aliphatic rings. The third-order valence-corrected chi connectivity index (χ3v) is 4.16. The van der Waals surface area contributed by atoms with Crippen LogP contribution in [0.2, 0.25) is 0 Å². The maximum atomic E-state index is 12.5. The number of amides is 1. The molecule has 0 unspecified atom stereocenters. The van der Waals surface area contributed by atoms with Crippen LogP contribution < -0.4 is 16.3 Å². The summed E-state index contributed by atoms with van der Waals surface area (Å²) in [6, 6.07) is 0.254. The average molecular weight is 276 g/mol. The number of carbonyl (C=O) groups is 1. The van der Waals surface area contributed by atoms with E-state index in [9.17, 15) is 9.59 Å². The molecule has 108 valence electrons. The number of carbonyl (C=O) groups excluding carboxylic acids is 1. The first kappa shape index (κ1) is 13.1. The van der Waals surface area contributed by atoms with Gasteiger partial charge < -0.3 is 10.6 Å². The zero-order valence-corrected chi connectivity index (χ0v) is 11.7. The Bertz CT molecular complexity index is 588. The van der Waals surface area contributed by atoms with Crippen molar-refractivity contribution < 1.29 is 4.79 Å². The molecule has 1 fully saturated rings. The quantitative estimate of drug-likeness (QED) is 0.846. The van der Waals surface area contributed by atoms with Gasteiger partial charge in [-0.1, -0.05) is 19.3 Å². The molecule has 2 N–H and O–H groups in total. The highest BCUT2D eigenvalue weighted by Gasteiger charge is 2.25. The van der Waals surface area contributed by atoms with Gasteiger partial charge in [-0.3, -0.25) is 9.36 Å². The monoisotopic (exact) mass is 276 g/mol. The summed E-state index contributed by atoms with van der Waals surface area (Å²) in [5, 5.41) is 6.22. The van der Waals surface area contributed by atoms with Crippen molar-refractivity contribution in [3.05, 3.63) is 21.7 Å². The Morgan fingerprint density at radius 2 is 2.10 bits per heavy atom. The molecule has 3 rings (SSSR count).